The van der Waals surface area contributed by atoms with Gasteiger partial charge in [0.25, 0.3) is 0 Å². The molecule has 2 N–H and O–H groups in total. The number of hydrogen-bond acceptors (Lipinski definition) is 2. The maximum Gasteiger partial charge on any atom is 0.0435 e. The van der Waals surface area contributed by atoms with Crippen molar-refractivity contribution in [3.05, 3.63) is 83.1 Å². The Morgan fingerprint density at radius 1 is 1.12 bits per heavy atom. The summed E-state index contributed by atoms with van der Waals surface area (Å²) in [6, 6.07) is 15.2. The fourth-order valence-electron chi connectivity index (χ4n) is 2.91. The average Bonchev–Trinajstić information content (AvgIpc) is 2.59. The second kappa shape index (κ2) is 9.24. The molecule has 0 atom stereocenters. The summed E-state index contributed by atoms with van der Waals surface area (Å²) in [6.45, 7) is 9.31. The van der Waals surface area contributed by atoms with Crippen LogP contribution in [0.4, 0.5) is 5.69 Å². The number of nitrogens with two attached hydrogens (primary N) is 1. The van der Waals surface area contributed by atoms with Crippen molar-refractivity contribution in [1.82, 2.24) is 0 Å². The lowest BCUT2D eigenvalue weighted by atomic mass is 10.1. The number of unbranched alkanes of at least 4 members (excludes halogenated alkanes) is 1. The number of allylic oxidation sites excluding steroid dienone is 2. The first-order valence-corrected chi connectivity index (χ1v) is 8.95. The number of nitrogens with zero attached hydrogens (tertiary/aromatic N) is 1. The topological polar surface area (TPSA) is 29.3 Å². The highest BCUT2D eigenvalue weighted by molar-refractivity contribution is 5.58. The van der Waals surface area contributed by atoms with Crippen molar-refractivity contribution in [2.75, 3.05) is 18.5 Å². The van der Waals surface area contributed by atoms with Gasteiger partial charge in [0, 0.05) is 24.9 Å². The third kappa shape index (κ3) is 5.61. The molecule has 0 radical (unpaired) electrons. The number of rotatable bonds is 8. The monoisotopic (exact) mass is 334 g/mol. The van der Waals surface area contributed by atoms with Crippen molar-refractivity contribution >= 4 is 11.8 Å². The molecule has 2 heteroatoms. The average molecular weight is 335 g/mol. The van der Waals surface area contributed by atoms with Crippen LogP contribution in [0, 0.1) is 13.8 Å². The van der Waals surface area contributed by atoms with Gasteiger partial charge in [-0.05, 0) is 56.0 Å². The Kier molecular flexibility index (Phi) is 7.03. The fourth-order valence-corrected chi connectivity index (χ4v) is 2.91. The molecule has 0 amide bonds. The standard InChI is InChI=1S/C23H30N2/c1-18-9-14-23(19(2)16-18)25(4)20(3)17-22-12-10-21(11-13-22)8-6-5-7-15-24/h6,8-14,16H,3,5,7,15,17,24H2,1-2,4H3/b8-6+. The van der Waals surface area contributed by atoms with Crippen LogP contribution in [0.5, 0.6) is 0 Å². The summed E-state index contributed by atoms with van der Waals surface area (Å²) in [5.41, 5.74) is 12.9. The van der Waals surface area contributed by atoms with Crippen molar-refractivity contribution in [3.63, 3.8) is 0 Å². The molecule has 0 saturated heterocycles. The SMILES string of the molecule is C=C(Cc1ccc(/C=C/CCCN)cc1)N(C)c1ccc(C)cc1C. The highest BCUT2D eigenvalue weighted by atomic mass is 15.1. The van der Waals surface area contributed by atoms with Gasteiger partial charge in [0.2, 0.25) is 0 Å². The molecule has 2 aromatic carbocycles. The van der Waals surface area contributed by atoms with Crippen LogP contribution < -0.4 is 10.6 Å². The first-order chi connectivity index (χ1) is 12.0. The first kappa shape index (κ1) is 19.0. The predicted molar refractivity (Wildman–Crippen MR) is 111 cm³/mol. The van der Waals surface area contributed by atoms with Gasteiger partial charge in [-0.25, -0.2) is 0 Å². The Labute approximate surface area is 152 Å². The number of benzene rings is 2. The smallest absolute Gasteiger partial charge is 0.0435 e. The second-order valence-corrected chi connectivity index (χ2v) is 6.67. The van der Waals surface area contributed by atoms with Gasteiger partial charge in [0.05, 0.1) is 0 Å². The number of aryl methyl sites for hydroxylation is 2. The van der Waals surface area contributed by atoms with Gasteiger partial charge in [0.15, 0.2) is 0 Å². The molecule has 0 bridgehead atoms. The van der Waals surface area contributed by atoms with Crippen LogP contribution in [0.15, 0.2) is 60.8 Å². The van der Waals surface area contributed by atoms with Crippen molar-refractivity contribution in [3.8, 4) is 0 Å². The molecule has 2 nitrogen and oxygen atoms in total. The minimum atomic E-state index is 0.749. The van der Waals surface area contributed by atoms with Crippen LogP contribution in [-0.2, 0) is 6.42 Å². The van der Waals surface area contributed by atoms with Crippen molar-refractivity contribution in [2.45, 2.75) is 33.1 Å². The fraction of sp³-hybridized carbons (Fsp3) is 0.304. The molecule has 0 heterocycles. The molecule has 0 aliphatic rings. The molecule has 0 aliphatic carbocycles. The predicted octanol–water partition coefficient (Wildman–Crippen LogP) is 5.25. The van der Waals surface area contributed by atoms with Gasteiger partial charge in [-0.15, -0.1) is 0 Å². The Morgan fingerprint density at radius 2 is 1.84 bits per heavy atom. The van der Waals surface area contributed by atoms with Crippen molar-refractivity contribution in [2.24, 2.45) is 5.73 Å². The molecule has 2 rings (SSSR count). The molecule has 2 aromatic rings. The summed E-state index contributed by atoms with van der Waals surface area (Å²) in [4.78, 5) is 2.19. The summed E-state index contributed by atoms with van der Waals surface area (Å²) in [6.07, 6.45) is 7.28. The zero-order chi connectivity index (χ0) is 18.2. The van der Waals surface area contributed by atoms with E-state index in [0.29, 0.717) is 0 Å². The van der Waals surface area contributed by atoms with Gasteiger partial charge < -0.3 is 10.6 Å². The largest absolute Gasteiger partial charge is 0.348 e. The second-order valence-electron chi connectivity index (χ2n) is 6.67. The summed E-state index contributed by atoms with van der Waals surface area (Å²) in [5.74, 6) is 0. The zero-order valence-electron chi connectivity index (χ0n) is 15.8. The van der Waals surface area contributed by atoms with Gasteiger partial charge in [-0.2, -0.15) is 0 Å². The van der Waals surface area contributed by atoms with Gasteiger partial charge >= 0.3 is 0 Å². The third-order valence-electron chi connectivity index (χ3n) is 4.46. The first-order valence-electron chi connectivity index (χ1n) is 8.95. The van der Waals surface area contributed by atoms with Crippen LogP contribution in [-0.4, -0.2) is 13.6 Å². The highest BCUT2D eigenvalue weighted by Crippen LogP contribution is 2.24. The molecule has 0 aliphatic heterocycles. The normalized spacial score (nSPS) is 11.0. The third-order valence-corrected chi connectivity index (χ3v) is 4.46. The van der Waals surface area contributed by atoms with E-state index in [9.17, 15) is 0 Å². The lowest BCUT2D eigenvalue weighted by molar-refractivity contribution is 0.857. The molecule has 0 aromatic heterocycles. The molecular weight excluding hydrogens is 304 g/mol. The van der Waals surface area contributed by atoms with Gasteiger partial charge in [-0.1, -0.05) is 60.7 Å². The summed E-state index contributed by atoms with van der Waals surface area (Å²) >= 11 is 0. The Hall–Kier alpha value is -2.32. The van der Waals surface area contributed by atoms with Gasteiger partial charge in [0.1, 0.15) is 0 Å². The Bertz CT molecular complexity index is 726. The van der Waals surface area contributed by atoms with E-state index >= 15 is 0 Å². The van der Waals surface area contributed by atoms with E-state index in [1.165, 1.54) is 27.9 Å². The van der Waals surface area contributed by atoms with Crippen LogP contribution in [0.25, 0.3) is 6.08 Å². The van der Waals surface area contributed by atoms with Gasteiger partial charge in [-0.3, -0.25) is 0 Å². The zero-order valence-corrected chi connectivity index (χ0v) is 15.8. The van der Waals surface area contributed by atoms with Crippen LogP contribution in [0.2, 0.25) is 0 Å². The molecule has 132 valence electrons. The Morgan fingerprint density at radius 3 is 2.48 bits per heavy atom. The molecule has 0 fully saturated rings. The summed E-state index contributed by atoms with van der Waals surface area (Å²) in [7, 11) is 2.09. The van der Waals surface area contributed by atoms with E-state index < -0.39 is 0 Å². The molecule has 0 unspecified atom stereocenters. The van der Waals surface area contributed by atoms with E-state index in [4.69, 9.17) is 5.73 Å². The maximum absolute atomic E-state index is 5.51. The van der Waals surface area contributed by atoms with E-state index in [2.05, 4.69) is 87.0 Å². The minimum absolute atomic E-state index is 0.749. The van der Waals surface area contributed by atoms with E-state index in [1.807, 2.05) is 0 Å². The van der Waals surface area contributed by atoms with E-state index in [0.717, 1.165) is 31.5 Å². The number of hydrogen-bond donors (Lipinski definition) is 1. The quantitative estimate of drug-likeness (QED) is 0.668. The summed E-state index contributed by atoms with van der Waals surface area (Å²) in [5, 5.41) is 0. The molecule has 0 saturated carbocycles. The maximum atomic E-state index is 5.51. The highest BCUT2D eigenvalue weighted by Gasteiger charge is 2.08. The lowest BCUT2D eigenvalue weighted by Gasteiger charge is -2.24. The van der Waals surface area contributed by atoms with Crippen LogP contribution in [0.1, 0.15) is 35.1 Å². The van der Waals surface area contributed by atoms with Crippen LogP contribution in [0.3, 0.4) is 0 Å². The van der Waals surface area contributed by atoms with Crippen LogP contribution >= 0.6 is 0 Å². The molecule has 0 spiro atoms. The van der Waals surface area contributed by atoms with Crippen molar-refractivity contribution in [1.29, 1.82) is 0 Å². The summed E-state index contributed by atoms with van der Waals surface area (Å²) < 4.78 is 0. The minimum Gasteiger partial charge on any atom is -0.348 e. The molecule has 25 heavy (non-hydrogen) atoms. The number of likely N-dealkylation sites (N-methyl/N-ethyl adjacent to an activating group) is 1. The Balaban J connectivity index is 1.99. The molecular formula is C23H30N2. The van der Waals surface area contributed by atoms with E-state index in [1.54, 1.807) is 0 Å². The number of anilines is 1. The lowest BCUT2D eigenvalue weighted by Crippen LogP contribution is -2.18. The van der Waals surface area contributed by atoms with E-state index in [-0.39, 0.29) is 0 Å². The van der Waals surface area contributed by atoms with Crippen molar-refractivity contribution < 1.29 is 0 Å².